The number of benzene rings is 3. The van der Waals surface area contributed by atoms with Gasteiger partial charge in [-0.25, -0.2) is 0 Å². The number of carbonyl (C=O) groups excluding carboxylic acids is 2. The van der Waals surface area contributed by atoms with E-state index < -0.39 is 0 Å². The van der Waals surface area contributed by atoms with E-state index >= 15 is 0 Å². The standard InChI is InChI=1S/C25H21NO2/c1-17-11-13-19(14-12-17)22-23(26-16-15-18-7-3-2-4-8-18)25(28)21-10-6-5-9-20(21)24(22)27/h2-14,26H,15-16H2,1H3. The Morgan fingerprint density at radius 2 is 1.32 bits per heavy atom. The predicted octanol–water partition coefficient (Wildman–Crippen LogP) is 4.62. The van der Waals surface area contributed by atoms with Crippen LogP contribution in [0.15, 0.2) is 84.6 Å². The van der Waals surface area contributed by atoms with Gasteiger partial charge in [-0.2, -0.15) is 0 Å². The minimum Gasteiger partial charge on any atom is -0.381 e. The summed E-state index contributed by atoms with van der Waals surface area (Å²) < 4.78 is 0. The summed E-state index contributed by atoms with van der Waals surface area (Å²) in [6, 6.07) is 24.9. The molecule has 4 rings (SSSR count). The van der Waals surface area contributed by atoms with Crippen molar-refractivity contribution in [2.24, 2.45) is 0 Å². The van der Waals surface area contributed by atoms with Crippen LogP contribution in [0.4, 0.5) is 0 Å². The van der Waals surface area contributed by atoms with Crippen LogP contribution in [0, 0.1) is 6.92 Å². The van der Waals surface area contributed by atoms with E-state index in [4.69, 9.17) is 0 Å². The molecule has 0 amide bonds. The van der Waals surface area contributed by atoms with Gasteiger partial charge in [0.25, 0.3) is 0 Å². The zero-order valence-electron chi connectivity index (χ0n) is 15.7. The van der Waals surface area contributed by atoms with Crippen molar-refractivity contribution in [1.82, 2.24) is 5.32 Å². The first kappa shape index (κ1) is 17.9. The smallest absolute Gasteiger partial charge is 0.210 e. The van der Waals surface area contributed by atoms with Crippen molar-refractivity contribution >= 4 is 17.1 Å². The van der Waals surface area contributed by atoms with Crippen LogP contribution in [-0.4, -0.2) is 18.1 Å². The predicted molar refractivity (Wildman–Crippen MR) is 111 cm³/mol. The summed E-state index contributed by atoms with van der Waals surface area (Å²) in [5.74, 6) is -0.236. The average molecular weight is 367 g/mol. The fourth-order valence-corrected chi connectivity index (χ4v) is 3.52. The van der Waals surface area contributed by atoms with Crippen molar-refractivity contribution in [2.75, 3.05) is 6.54 Å². The lowest BCUT2D eigenvalue weighted by Crippen LogP contribution is -2.31. The number of allylic oxidation sites excluding steroid dienone is 2. The van der Waals surface area contributed by atoms with E-state index in [1.54, 1.807) is 24.3 Å². The highest BCUT2D eigenvalue weighted by Gasteiger charge is 2.32. The quantitative estimate of drug-likeness (QED) is 0.716. The van der Waals surface area contributed by atoms with Gasteiger partial charge >= 0.3 is 0 Å². The Kier molecular flexibility index (Phi) is 4.90. The zero-order valence-corrected chi connectivity index (χ0v) is 15.7. The summed E-state index contributed by atoms with van der Waals surface area (Å²) in [5, 5.41) is 3.26. The molecule has 1 aliphatic rings. The van der Waals surface area contributed by atoms with Gasteiger partial charge in [-0.15, -0.1) is 0 Å². The number of carbonyl (C=O) groups is 2. The van der Waals surface area contributed by atoms with Crippen LogP contribution in [-0.2, 0) is 6.42 Å². The third-order valence-corrected chi connectivity index (χ3v) is 5.02. The maximum atomic E-state index is 13.2. The largest absolute Gasteiger partial charge is 0.381 e. The molecule has 3 aromatic rings. The van der Waals surface area contributed by atoms with Crippen LogP contribution in [0.25, 0.3) is 5.57 Å². The maximum absolute atomic E-state index is 13.2. The van der Waals surface area contributed by atoms with Crippen LogP contribution in [0.2, 0.25) is 0 Å². The van der Waals surface area contributed by atoms with Crippen LogP contribution in [0.1, 0.15) is 37.4 Å². The number of ketones is 2. The number of rotatable bonds is 5. The summed E-state index contributed by atoms with van der Waals surface area (Å²) in [7, 11) is 0. The normalized spacial score (nSPS) is 13.5. The summed E-state index contributed by atoms with van der Waals surface area (Å²) in [6.45, 7) is 2.58. The minimum absolute atomic E-state index is 0.110. The Morgan fingerprint density at radius 3 is 2.00 bits per heavy atom. The zero-order chi connectivity index (χ0) is 19.5. The summed E-state index contributed by atoms with van der Waals surface area (Å²) >= 11 is 0. The third kappa shape index (κ3) is 3.39. The molecule has 1 N–H and O–H groups in total. The van der Waals surface area contributed by atoms with Crippen molar-refractivity contribution in [2.45, 2.75) is 13.3 Å². The molecule has 0 fully saturated rings. The molecule has 3 aromatic carbocycles. The lowest BCUT2D eigenvalue weighted by Gasteiger charge is -2.22. The molecule has 138 valence electrons. The molecule has 0 aromatic heterocycles. The van der Waals surface area contributed by atoms with Gasteiger partial charge in [-0.05, 0) is 24.5 Å². The fourth-order valence-electron chi connectivity index (χ4n) is 3.52. The van der Waals surface area contributed by atoms with Gasteiger partial charge in [0.05, 0.1) is 11.3 Å². The van der Waals surface area contributed by atoms with Crippen LogP contribution in [0.5, 0.6) is 0 Å². The molecule has 0 unspecified atom stereocenters. The molecule has 28 heavy (non-hydrogen) atoms. The van der Waals surface area contributed by atoms with E-state index in [0.717, 1.165) is 17.5 Å². The first-order valence-electron chi connectivity index (χ1n) is 9.42. The average Bonchev–Trinajstić information content (AvgIpc) is 2.73. The van der Waals surface area contributed by atoms with E-state index in [-0.39, 0.29) is 11.6 Å². The number of nitrogens with one attached hydrogen (secondary N) is 1. The Bertz CT molecular complexity index is 1060. The van der Waals surface area contributed by atoms with Gasteiger partial charge in [-0.3, -0.25) is 9.59 Å². The first-order chi connectivity index (χ1) is 13.6. The van der Waals surface area contributed by atoms with Gasteiger partial charge in [0, 0.05) is 17.7 Å². The SMILES string of the molecule is Cc1ccc(C2=C(NCCc3ccccc3)C(=O)c3ccccc3C2=O)cc1. The molecule has 1 aliphatic carbocycles. The fraction of sp³-hybridized carbons (Fsp3) is 0.120. The molecule has 0 atom stereocenters. The summed E-state index contributed by atoms with van der Waals surface area (Å²) in [4.78, 5) is 26.4. The van der Waals surface area contributed by atoms with E-state index in [9.17, 15) is 9.59 Å². The maximum Gasteiger partial charge on any atom is 0.210 e. The number of fused-ring (bicyclic) bond motifs is 1. The lowest BCUT2D eigenvalue weighted by atomic mass is 9.84. The molecule has 0 aliphatic heterocycles. The number of Topliss-reactive ketones (excluding diaryl/α,β-unsaturated/α-hetero) is 2. The van der Waals surface area contributed by atoms with Crippen LogP contribution < -0.4 is 5.32 Å². The Balaban J connectivity index is 1.72. The first-order valence-corrected chi connectivity index (χ1v) is 9.42. The lowest BCUT2D eigenvalue weighted by molar-refractivity contribution is 0.0985. The molecular weight excluding hydrogens is 346 g/mol. The van der Waals surface area contributed by atoms with Crippen molar-refractivity contribution < 1.29 is 9.59 Å². The summed E-state index contributed by atoms with van der Waals surface area (Å²) in [5.41, 5.74) is 4.84. The molecule has 3 heteroatoms. The van der Waals surface area contributed by atoms with Gasteiger partial charge < -0.3 is 5.32 Å². The topological polar surface area (TPSA) is 46.2 Å². The van der Waals surface area contributed by atoms with Gasteiger partial charge in [0.15, 0.2) is 5.78 Å². The van der Waals surface area contributed by atoms with Crippen molar-refractivity contribution in [3.63, 3.8) is 0 Å². The summed E-state index contributed by atoms with van der Waals surface area (Å²) in [6.07, 6.45) is 0.772. The Labute approximate surface area is 164 Å². The molecule has 3 nitrogen and oxygen atoms in total. The highest BCUT2D eigenvalue weighted by atomic mass is 16.1. The molecule has 0 bridgehead atoms. The van der Waals surface area contributed by atoms with Crippen LogP contribution >= 0.6 is 0 Å². The van der Waals surface area contributed by atoms with Gasteiger partial charge in [0.1, 0.15) is 0 Å². The van der Waals surface area contributed by atoms with Gasteiger partial charge in [-0.1, -0.05) is 84.4 Å². The minimum atomic E-state index is -0.126. The molecule has 0 spiro atoms. The van der Waals surface area contributed by atoms with E-state index in [0.29, 0.717) is 28.9 Å². The van der Waals surface area contributed by atoms with E-state index in [2.05, 4.69) is 17.4 Å². The third-order valence-electron chi connectivity index (χ3n) is 5.02. The second-order valence-electron chi connectivity index (χ2n) is 6.98. The second-order valence-corrected chi connectivity index (χ2v) is 6.98. The van der Waals surface area contributed by atoms with Crippen molar-refractivity contribution in [3.05, 3.63) is 112 Å². The van der Waals surface area contributed by atoms with E-state index in [1.807, 2.05) is 49.4 Å². The van der Waals surface area contributed by atoms with Crippen LogP contribution in [0.3, 0.4) is 0 Å². The highest BCUT2D eigenvalue weighted by Crippen LogP contribution is 2.31. The van der Waals surface area contributed by atoms with Crippen molar-refractivity contribution in [3.8, 4) is 0 Å². The molecular formula is C25H21NO2. The van der Waals surface area contributed by atoms with E-state index in [1.165, 1.54) is 5.56 Å². The molecule has 0 heterocycles. The van der Waals surface area contributed by atoms with Crippen molar-refractivity contribution in [1.29, 1.82) is 0 Å². The number of aryl methyl sites for hydroxylation is 1. The number of hydrogen-bond donors (Lipinski definition) is 1. The second kappa shape index (κ2) is 7.65. The molecule has 0 saturated heterocycles. The van der Waals surface area contributed by atoms with Gasteiger partial charge in [0.2, 0.25) is 5.78 Å². The molecule has 0 radical (unpaired) electrons. The number of hydrogen-bond acceptors (Lipinski definition) is 3. The monoisotopic (exact) mass is 367 g/mol. The Morgan fingerprint density at radius 1 is 0.714 bits per heavy atom. The highest BCUT2D eigenvalue weighted by molar-refractivity contribution is 6.40. The Hall–Kier alpha value is -3.46. The molecule has 0 saturated carbocycles.